The van der Waals surface area contributed by atoms with Crippen molar-refractivity contribution in [2.75, 3.05) is 25.1 Å². The molecule has 0 heterocycles. The molecule has 3 aromatic carbocycles. The second-order valence-corrected chi connectivity index (χ2v) is 12.3. The summed E-state index contributed by atoms with van der Waals surface area (Å²) in [7, 11) is -1.24. The minimum Gasteiger partial charge on any atom is -0.493 e. The Morgan fingerprint density at radius 3 is 2.21 bits per heavy atom. The summed E-state index contributed by atoms with van der Waals surface area (Å²) < 4.78 is 39.8. The Morgan fingerprint density at radius 2 is 1.57 bits per heavy atom. The van der Waals surface area contributed by atoms with Crippen molar-refractivity contribution in [3.8, 4) is 11.5 Å². The predicted octanol–water partition coefficient (Wildman–Crippen LogP) is 4.68. The van der Waals surface area contributed by atoms with Crippen molar-refractivity contribution in [2.45, 2.75) is 63.1 Å². The number of amides is 2. The van der Waals surface area contributed by atoms with E-state index in [9.17, 15) is 18.0 Å². The second kappa shape index (κ2) is 13.7. The molecule has 0 unspecified atom stereocenters. The first-order valence-electron chi connectivity index (χ1n) is 14.1. The maximum Gasteiger partial charge on any atom is 0.264 e. The lowest BCUT2D eigenvalue weighted by molar-refractivity contribution is -0.139. The predicted molar refractivity (Wildman–Crippen MR) is 162 cm³/mol. The normalized spacial score (nSPS) is 14.2. The number of carbonyl (C=O) groups is 2. The van der Waals surface area contributed by atoms with Crippen LogP contribution in [-0.4, -0.2) is 58.0 Å². The Balaban J connectivity index is 1.73. The average molecular weight is 594 g/mol. The van der Waals surface area contributed by atoms with E-state index in [1.807, 2.05) is 31.2 Å². The number of hydrogen-bond acceptors (Lipinski definition) is 6. The number of rotatable bonds is 12. The summed E-state index contributed by atoms with van der Waals surface area (Å²) in [5, 5.41) is 3.09. The van der Waals surface area contributed by atoms with Gasteiger partial charge in [0, 0.05) is 18.7 Å². The Bertz CT molecular complexity index is 1490. The first-order valence-corrected chi connectivity index (χ1v) is 15.5. The van der Waals surface area contributed by atoms with Crippen LogP contribution in [0.1, 0.15) is 43.7 Å². The van der Waals surface area contributed by atoms with Gasteiger partial charge < -0.3 is 19.7 Å². The summed E-state index contributed by atoms with van der Waals surface area (Å²) in [5.74, 6) is -0.0335. The Kier molecular flexibility index (Phi) is 10.1. The van der Waals surface area contributed by atoms with Crippen LogP contribution in [0.15, 0.2) is 77.7 Å². The molecule has 1 aliphatic rings. The van der Waals surface area contributed by atoms with E-state index in [2.05, 4.69) is 5.32 Å². The standard InChI is InChI=1S/C32H39N3O6S/c1-23-12-8-9-13-25(23)21-34(24(2)32(37)33-26-14-10-11-15-26)31(36)22-35(42(38,39)28-16-6-5-7-17-28)27-18-19-29(40-3)30(20-27)41-4/h5-9,12-13,16-20,24,26H,10-11,14-15,21-22H2,1-4H3,(H,33,37)/t24-/m1/s1. The second-order valence-electron chi connectivity index (χ2n) is 10.5. The molecule has 0 bridgehead atoms. The zero-order chi connectivity index (χ0) is 30.3. The quantitative estimate of drug-likeness (QED) is 0.327. The van der Waals surface area contributed by atoms with Gasteiger partial charge in [-0.2, -0.15) is 0 Å². The lowest BCUT2D eigenvalue weighted by Gasteiger charge is -2.33. The van der Waals surface area contributed by atoms with Crippen LogP contribution in [0, 0.1) is 6.92 Å². The van der Waals surface area contributed by atoms with Gasteiger partial charge >= 0.3 is 0 Å². The number of nitrogens with zero attached hydrogens (tertiary/aromatic N) is 2. The molecular formula is C32H39N3O6S. The highest BCUT2D eigenvalue weighted by Gasteiger charge is 2.34. The largest absolute Gasteiger partial charge is 0.493 e. The van der Waals surface area contributed by atoms with E-state index >= 15 is 0 Å². The van der Waals surface area contributed by atoms with Gasteiger partial charge in [-0.05, 0) is 62.1 Å². The van der Waals surface area contributed by atoms with Crippen molar-refractivity contribution in [3.63, 3.8) is 0 Å². The molecular weight excluding hydrogens is 554 g/mol. The van der Waals surface area contributed by atoms with Crippen LogP contribution in [0.3, 0.4) is 0 Å². The summed E-state index contributed by atoms with van der Waals surface area (Å²) >= 11 is 0. The van der Waals surface area contributed by atoms with Gasteiger partial charge in [0.2, 0.25) is 11.8 Å². The molecule has 0 saturated heterocycles. The highest BCUT2D eigenvalue weighted by atomic mass is 32.2. The SMILES string of the molecule is COc1ccc(N(CC(=O)N(Cc2ccccc2C)[C@H](C)C(=O)NC2CCCC2)S(=O)(=O)c2ccccc2)cc1OC. The van der Waals surface area contributed by atoms with Crippen molar-refractivity contribution < 1.29 is 27.5 Å². The van der Waals surface area contributed by atoms with Crippen molar-refractivity contribution in [2.24, 2.45) is 0 Å². The third kappa shape index (κ3) is 7.05. The summed E-state index contributed by atoms with van der Waals surface area (Å²) in [5.41, 5.74) is 2.06. The molecule has 3 aromatic rings. The molecule has 1 aliphatic carbocycles. The van der Waals surface area contributed by atoms with Crippen LogP contribution in [0.2, 0.25) is 0 Å². The van der Waals surface area contributed by atoms with E-state index in [0.29, 0.717) is 11.5 Å². The number of ether oxygens (including phenoxy) is 2. The Hall–Kier alpha value is -4.05. The van der Waals surface area contributed by atoms with Gasteiger partial charge in [-0.15, -0.1) is 0 Å². The summed E-state index contributed by atoms with van der Waals surface area (Å²) in [6.07, 6.45) is 3.94. The molecule has 42 heavy (non-hydrogen) atoms. The van der Waals surface area contributed by atoms with Crippen LogP contribution in [0.5, 0.6) is 11.5 Å². The minimum absolute atomic E-state index is 0.0325. The van der Waals surface area contributed by atoms with Crippen LogP contribution >= 0.6 is 0 Å². The fraction of sp³-hybridized carbons (Fsp3) is 0.375. The van der Waals surface area contributed by atoms with Crippen molar-refractivity contribution in [1.82, 2.24) is 10.2 Å². The number of nitrogens with one attached hydrogen (secondary N) is 1. The van der Waals surface area contributed by atoms with Gasteiger partial charge in [-0.25, -0.2) is 8.42 Å². The first-order chi connectivity index (χ1) is 20.1. The van der Waals surface area contributed by atoms with Crippen LogP contribution in [0.25, 0.3) is 0 Å². The number of hydrogen-bond donors (Lipinski definition) is 1. The topological polar surface area (TPSA) is 105 Å². The van der Waals surface area contributed by atoms with Crippen LogP contribution < -0.4 is 19.1 Å². The van der Waals surface area contributed by atoms with E-state index in [1.54, 1.807) is 37.3 Å². The van der Waals surface area contributed by atoms with Crippen LogP contribution in [0.4, 0.5) is 5.69 Å². The van der Waals surface area contributed by atoms with E-state index in [0.717, 1.165) is 41.1 Å². The number of methoxy groups -OCH3 is 2. The highest BCUT2D eigenvalue weighted by Crippen LogP contribution is 2.34. The van der Waals surface area contributed by atoms with Crippen LogP contribution in [-0.2, 0) is 26.2 Å². The van der Waals surface area contributed by atoms with Crippen molar-refractivity contribution in [3.05, 3.63) is 83.9 Å². The lowest BCUT2D eigenvalue weighted by atomic mass is 10.1. The Morgan fingerprint density at radius 1 is 0.929 bits per heavy atom. The molecule has 1 saturated carbocycles. The van der Waals surface area contributed by atoms with Crippen molar-refractivity contribution >= 4 is 27.5 Å². The van der Waals surface area contributed by atoms with Gasteiger partial charge in [-0.1, -0.05) is 55.3 Å². The smallest absolute Gasteiger partial charge is 0.264 e. The number of aryl methyl sites for hydroxylation is 1. The molecule has 1 fully saturated rings. The number of benzene rings is 3. The molecule has 1 N–H and O–H groups in total. The average Bonchev–Trinajstić information content (AvgIpc) is 3.52. The molecule has 0 aromatic heterocycles. The highest BCUT2D eigenvalue weighted by molar-refractivity contribution is 7.92. The molecule has 9 nitrogen and oxygen atoms in total. The van der Waals surface area contributed by atoms with Crippen molar-refractivity contribution in [1.29, 1.82) is 0 Å². The summed E-state index contributed by atoms with van der Waals surface area (Å²) in [6.45, 7) is 3.25. The van der Waals surface area contributed by atoms with E-state index in [-0.39, 0.29) is 29.1 Å². The molecule has 1 atom stereocenters. The van der Waals surface area contributed by atoms with Gasteiger partial charge in [0.1, 0.15) is 12.6 Å². The molecule has 0 aliphatic heterocycles. The first kappa shape index (κ1) is 30.9. The minimum atomic E-state index is -4.18. The Labute approximate surface area is 248 Å². The third-order valence-corrected chi connectivity index (χ3v) is 9.52. The molecule has 0 radical (unpaired) electrons. The monoisotopic (exact) mass is 593 g/mol. The molecule has 4 rings (SSSR count). The number of sulfonamides is 1. The number of carbonyl (C=O) groups excluding carboxylic acids is 2. The summed E-state index contributed by atoms with van der Waals surface area (Å²) in [6, 6.07) is 19.5. The maximum absolute atomic E-state index is 14.2. The molecule has 224 valence electrons. The van der Waals surface area contributed by atoms with E-state index < -0.39 is 28.5 Å². The zero-order valence-corrected chi connectivity index (χ0v) is 25.4. The van der Waals surface area contributed by atoms with Gasteiger partial charge in [-0.3, -0.25) is 13.9 Å². The van der Waals surface area contributed by atoms with Gasteiger partial charge in [0.15, 0.2) is 11.5 Å². The maximum atomic E-state index is 14.2. The lowest BCUT2D eigenvalue weighted by Crippen LogP contribution is -2.52. The fourth-order valence-electron chi connectivity index (χ4n) is 5.17. The molecule has 2 amide bonds. The summed E-state index contributed by atoms with van der Waals surface area (Å²) in [4.78, 5) is 29.0. The molecule has 0 spiro atoms. The molecule has 10 heteroatoms. The fourth-order valence-corrected chi connectivity index (χ4v) is 6.60. The van der Waals surface area contributed by atoms with E-state index in [1.165, 1.54) is 37.3 Å². The van der Waals surface area contributed by atoms with Gasteiger partial charge in [0.05, 0.1) is 24.8 Å². The third-order valence-electron chi connectivity index (χ3n) is 7.74. The van der Waals surface area contributed by atoms with Gasteiger partial charge in [0.25, 0.3) is 10.0 Å². The number of anilines is 1. The zero-order valence-electron chi connectivity index (χ0n) is 24.6. The van der Waals surface area contributed by atoms with E-state index in [4.69, 9.17) is 9.47 Å².